The summed E-state index contributed by atoms with van der Waals surface area (Å²) in [7, 11) is 0. The lowest BCUT2D eigenvalue weighted by molar-refractivity contribution is -0.114. The zero-order valence-electron chi connectivity index (χ0n) is 23.5. The summed E-state index contributed by atoms with van der Waals surface area (Å²) in [5, 5.41) is 9.48. The number of thiazole rings is 1. The SMILES string of the molecule is CCOc1ccc2nc(NC(=O)CSc3ccc(NC(=O)/C(=C/c4ccc(Cl)cc4)NC(=O)c4ccccc4)cc3)sc2c1. The van der Waals surface area contributed by atoms with Gasteiger partial charge in [0.2, 0.25) is 5.91 Å². The maximum Gasteiger partial charge on any atom is 0.272 e. The highest BCUT2D eigenvalue weighted by Gasteiger charge is 2.16. The van der Waals surface area contributed by atoms with Gasteiger partial charge in [-0.15, -0.1) is 11.8 Å². The van der Waals surface area contributed by atoms with E-state index in [1.807, 2.05) is 43.3 Å². The summed E-state index contributed by atoms with van der Waals surface area (Å²) in [5.41, 5.74) is 2.51. The van der Waals surface area contributed by atoms with Crippen molar-refractivity contribution in [2.24, 2.45) is 0 Å². The van der Waals surface area contributed by atoms with Gasteiger partial charge in [0.05, 0.1) is 22.6 Å². The number of carbonyl (C=O) groups excluding carboxylic acids is 3. The van der Waals surface area contributed by atoms with Gasteiger partial charge in [-0.05, 0) is 85.3 Å². The molecule has 0 fully saturated rings. The highest BCUT2D eigenvalue weighted by Crippen LogP contribution is 2.30. The minimum atomic E-state index is -0.492. The Morgan fingerprint density at radius 3 is 2.41 bits per heavy atom. The van der Waals surface area contributed by atoms with E-state index < -0.39 is 11.8 Å². The number of carbonyl (C=O) groups is 3. The normalized spacial score (nSPS) is 11.2. The first kappa shape index (κ1) is 30.8. The second-order valence-electron chi connectivity index (χ2n) is 9.33. The predicted octanol–water partition coefficient (Wildman–Crippen LogP) is 7.49. The number of aromatic nitrogens is 1. The van der Waals surface area contributed by atoms with E-state index in [0.717, 1.165) is 20.9 Å². The third-order valence-electron chi connectivity index (χ3n) is 6.11. The van der Waals surface area contributed by atoms with E-state index in [1.165, 1.54) is 23.1 Å². The average Bonchev–Trinajstić information content (AvgIpc) is 3.43. The van der Waals surface area contributed by atoms with Crippen LogP contribution in [0.25, 0.3) is 16.3 Å². The molecular formula is C33H27ClN4O4S2. The van der Waals surface area contributed by atoms with Crippen molar-refractivity contribution in [2.45, 2.75) is 11.8 Å². The summed E-state index contributed by atoms with van der Waals surface area (Å²) in [4.78, 5) is 44.0. The number of nitrogens with zero attached hydrogens (tertiary/aromatic N) is 1. The van der Waals surface area contributed by atoms with Crippen molar-refractivity contribution in [3.8, 4) is 5.75 Å². The molecule has 0 bridgehead atoms. The highest BCUT2D eigenvalue weighted by molar-refractivity contribution is 8.00. The van der Waals surface area contributed by atoms with E-state index in [2.05, 4.69) is 20.9 Å². The maximum atomic E-state index is 13.2. The molecule has 5 aromatic rings. The molecule has 222 valence electrons. The summed E-state index contributed by atoms with van der Waals surface area (Å²) in [6.45, 7) is 2.50. The smallest absolute Gasteiger partial charge is 0.272 e. The number of nitrogens with one attached hydrogen (secondary N) is 3. The molecule has 44 heavy (non-hydrogen) atoms. The van der Waals surface area contributed by atoms with Gasteiger partial charge in [-0.1, -0.05) is 53.3 Å². The highest BCUT2D eigenvalue weighted by atomic mass is 35.5. The van der Waals surface area contributed by atoms with Crippen molar-refractivity contribution < 1.29 is 19.1 Å². The topological polar surface area (TPSA) is 109 Å². The summed E-state index contributed by atoms with van der Waals surface area (Å²) < 4.78 is 6.47. The fourth-order valence-electron chi connectivity index (χ4n) is 4.02. The Morgan fingerprint density at radius 1 is 0.932 bits per heavy atom. The molecule has 0 spiro atoms. The van der Waals surface area contributed by atoms with Crippen LogP contribution in [0.2, 0.25) is 5.02 Å². The predicted molar refractivity (Wildman–Crippen MR) is 179 cm³/mol. The minimum absolute atomic E-state index is 0.0697. The molecule has 1 heterocycles. The van der Waals surface area contributed by atoms with Crippen molar-refractivity contribution >= 4 is 79.5 Å². The Bertz CT molecular complexity index is 1810. The Hall–Kier alpha value is -4.64. The molecular weight excluding hydrogens is 616 g/mol. The molecule has 0 aliphatic rings. The lowest BCUT2D eigenvalue weighted by Gasteiger charge is -2.12. The van der Waals surface area contributed by atoms with Crippen LogP contribution in [0.4, 0.5) is 10.8 Å². The van der Waals surface area contributed by atoms with Crippen LogP contribution in [0, 0.1) is 0 Å². The second kappa shape index (κ2) is 14.7. The van der Waals surface area contributed by atoms with Crippen molar-refractivity contribution in [3.05, 3.63) is 119 Å². The number of amides is 3. The van der Waals surface area contributed by atoms with Crippen LogP contribution < -0.4 is 20.7 Å². The number of ether oxygens (including phenoxy) is 1. The molecule has 0 atom stereocenters. The first-order valence-electron chi connectivity index (χ1n) is 13.6. The maximum absolute atomic E-state index is 13.2. The summed E-state index contributed by atoms with van der Waals surface area (Å²) >= 11 is 8.75. The van der Waals surface area contributed by atoms with E-state index in [1.54, 1.807) is 66.7 Å². The lowest BCUT2D eigenvalue weighted by Crippen LogP contribution is -2.30. The van der Waals surface area contributed by atoms with Gasteiger partial charge in [0.1, 0.15) is 11.4 Å². The molecule has 0 radical (unpaired) electrons. The molecule has 4 aromatic carbocycles. The molecule has 0 saturated carbocycles. The van der Waals surface area contributed by atoms with E-state index in [9.17, 15) is 14.4 Å². The number of benzene rings is 4. The zero-order valence-corrected chi connectivity index (χ0v) is 25.9. The molecule has 1 aromatic heterocycles. The Kier molecular flexibility index (Phi) is 10.3. The first-order valence-corrected chi connectivity index (χ1v) is 15.8. The van der Waals surface area contributed by atoms with Gasteiger partial charge in [-0.3, -0.25) is 14.4 Å². The number of anilines is 2. The molecule has 0 saturated heterocycles. The molecule has 5 rings (SSSR count). The monoisotopic (exact) mass is 642 g/mol. The number of halogens is 1. The van der Waals surface area contributed by atoms with Crippen LogP contribution in [0.15, 0.2) is 108 Å². The summed E-state index contributed by atoms with van der Waals surface area (Å²) in [5.74, 6) is -0.129. The summed E-state index contributed by atoms with van der Waals surface area (Å²) in [6.07, 6.45) is 1.58. The van der Waals surface area contributed by atoms with Crippen LogP contribution in [0.5, 0.6) is 5.75 Å². The average molecular weight is 643 g/mol. The molecule has 11 heteroatoms. The van der Waals surface area contributed by atoms with Crippen molar-refractivity contribution in [1.29, 1.82) is 0 Å². The zero-order chi connectivity index (χ0) is 30.9. The number of thioether (sulfide) groups is 1. The first-order chi connectivity index (χ1) is 21.4. The van der Waals surface area contributed by atoms with Gasteiger partial charge < -0.3 is 20.7 Å². The molecule has 0 aliphatic carbocycles. The minimum Gasteiger partial charge on any atom is -0.494 e. The number of hydrogen-bond acceptors (Lipinski definition) is 7. The molecule has 8 nitrogen and oxygen atoms in total. The van der Waals surface area contributed by atoms with Gasteiger partial charge in [0.25, 0.3) is 11.8 Å². The van der Waals surface area contributed by atoms with Crippen LogP contribution >= 0.6 is 34.7 Å². The summed E-state index contributed by atoms with van der Waals surface area (Å²) in [6, 6.07) is 28.3. The van der Waals surface area contributed by atoms with E-state index >= 15 is 0 Å². The second-order valence-corrected chi connectivity index (χ2v) is 11.8. The van der Waals surface area contributed by atoms with Crippen LogP contribution in [-0.2, 0) is 9.59 Å². The lowest BCUT2D eigenvalue weighted by atomic mass is 10.1. The standard InChI is InChI=1S/C33H27ClN4O4S2/c1-2-42-25-14-17-27-29(19-25)44-33(37-27)38-30(39)20-43-26-15-12-24(13-16-26)35-32(41)28(18-21-8-10-23(34)11-9-21)36-31(40)22-6-4-3-5-7-22/h3-19H,2,20H2,1H3,(H,35,41)(H,36,40)(H,37,38,39)/b28-18-. The largest absolute Gasteiger partial charge is 0.494 e. The van der Waals surface area contributed by atoms with Crippen molar-refractivity contribution in [2.75, 3.05) is 23.0 Å². The third-order valence-corrected chi connectivity index (χ3v) is 8.31. The molecule has 3 N–H and O–H groups in total. The molecule has 0 aliphatic heterocycles. The Labute approximate surface area is 267 Å². The van der Waals surface area contributed by atoms with Crippen LogP contribution in [-0.4, -0.2) is 35.1 Å². The molecule has 3 amide bonds. The van der Waals surface area contributed by atoms with Gasteiger partial charge in [0.15, 0.2) is 5.13 Å². The van der Waals surface area contributed by atoms with Crippen molar-refractivity contribution in [3.63, 3.8) is 0 Å². The van der Waals surface area contributed by atoms with Crippen molar-refractivity contribution in [1.82, 2.24) is 10.3 Å². The quantitative estimate of drug-likeness (QED) is 0.102. The van der Waals surface area contributed by atoms with Gasteiger partial charge in [0, 0.05) is 21.2 Å². The third kappa shape index (κ3) is 8.47. The van der Waals surface area contributed by atoms with Gasteiger partial charge in [-0.25, -0.2) is 4.98 Å². The van der Waals surface area contributed by atoms with Crippen LogP contribution in [0.3, 0.4) is 0 Å². The van der Waals surface area contributed by atoms with E-state index in [0.29, 0.717) is 33.6 Å². The fraction of sp³-hybridized carbons (Fsp3) is 0.0909. The fourth-order valence-corrected chi connectivity index (χ4v) is 5.76. The Balaban J connectivity index is 1.19. The number of fused-ring (bicyclic) bond motifs is 1. The van der Waals surface area contributed by atoms with E-state index in [-0.39, 0.29) is 17.4 Å². The van der Waals surface area contributed by atoms with Gasteiger partial charge in [-0.2, -0.15) is 0 Å². The number of hydrogen-bond donors (Lipinski definition) is 3. The number of rotatable bonds is 11. The van der Waals surface area contributed by atoms with Gasteiger partial charge >= 0.3 is 0 Å². The van der Waals surface area contributed by atoms with E-state index in [4.69, 9.17) is 16.3 Å². The van der Waals surface area contributed by atoms with Crippen LogP contribution in [0.1, 0.15) is 22.8 Å². The molecule has 0 unspecified atom stereocenters. The Morgan fingerprint density at radius 2 is 1.68 bits per heavy atom.